The molecule has 0 aliphatic carbocycles. The first-order valence-electron chi connectivity index (χ1n) is 11.5. The van der Waals surface area contributed by atoms with E-state index in [4.69, 9.17) is 0 Å². The third kappa shape index (κ3) is 9.43. The van der Waals surface area contributed by atoms with Gasteiger partial charge in [0.1, 0.15) is 0 Å². The first kappa shape index (κ1) is 24.4. The Morgan fingerprint density at radius 3 is 1.70 bits per heavy atom. The van der Waals surface area contributed by atoms with Crippen molar-refractivity contribution in [2.24, 2.45) is 0 Å². The highest BCUT2D eigenvalue weighted by Crippen LogP contribution is 2.37. The van der Waals surface area contributed by atoms with Crippen LogP contribution in [-0.2, 0) is 4.79 Å². The van der Waals surface area contributed by atoms with Crippen LogP contribution >= 0.6 is 0 Å². The van der Waals surface area contributed by atoms with Crippen LogP contribution in [0.25, 0.3) is 0 Å². The number of hydrogen-bond acceptors (Lipinski definition) is 3. The Balaban J connectivity index is 2.08. The summed E-state index contributed by atoms with van der Waals surface area (Å²) in [5.74, 6) is 0.155. The molecule has 1 amide bonds. The quantitative estimate of drug-likeness (QED) is 0.380. The van der Waals surface area contributed by atoms with E-state index >= 15 is 0 Å². The van der Waals surface area contributed by atoms with Crippen LogP contribution < -0.4 is 5.32 Å². The van der Waals surface area contributed by atoms with Gasteiger partial charge in [0, 0.05) is 23.5 Å². The van der Waals surface area contributed by atoms with Crippen molar-refractivity contribution >= 4 is 5.91 Å². The topological polar surface area (TPSA) is 55.4 Å². The molecule has 1 aliphatic rings. The predicted molar refractivity (Wildman–Crippen MR) is 116 cm³/mol. The molecule has 160 valence electrons. The molecule has 1 rings (SSSR count). The van der Waals surface area contributed by atoms with E-state index < -0.39 is 11.1 Å². The predicted octanol–water partition coefficient (Wildman–Crippen LogP) is 6.32. The SMILES string of the molecule is CCCCCCCCCCCCCC(=O)NC1CC(C)(C)N([O-])C(C)(C)C1. The van der Waals surface area contributed by atoms with E-state index in [1.807, 2.05) is 27.7 Å². The minimum absolute atomic E-state index is 0.111. The highest BCUT2D eigenvalue weighted by Gasteiger charge is 2.40. The molecule has 0 aromatic carbocycles. The number of nitrogens with zero attached hydrogens (tertiary/aromatic N) is 1. The Hall–Kier alpha value is -0.610. The van der Waals surface area contributed by atoms with Gasteiger partial charge in [-0.25, -0.2) is 0 Å². The largest absolute Gasteiger partial charge is 0.784 e. The zero-order valence-electron chi connectivity index (χ0n) is 18.7. The third-order valence-corrected chi connectivity index (χ3v) is 5.96. The zero-order chi connectivity index (χ0) is 20.3. The molecule has 1 N–H and O–H groups in total. The Bertz CT molecular complexity index is 403. The number of hydrogen-bond donors (Lipinski definition) is 1. The van der Waals surface area contributed by atoms with Crippen molar-refractivity contribution in [2.75, 3.05) is 0 Å². The van der Waals surface area contributed by atoms with Crippen molar-refractivity contribution in [2.45, 2.75) is 142 Å². The molecule has 27 heavy (non-hydrogen) atoms. The van der Waals surface area contributed by atoms with Crippen LogP contribution in [0.3, 0.4) is 0 Å². The molecule has 0 saturated carbocycles. The summed E-state index contributed by atoms with van der Waals surface area (Å²) in [6.45, 7) is 10.2. The van der Waals surface area contributed by atoms with Crippen LogP contribution in [-0.4, -0.2) is 28.1 Å². The van der Waals surface area contributed by atoms with Gasteiger partial charge in [-0.15, -0.1) is 0 Å². The van der Waals surface area contributed by atoms with E-state index in [1.165, 1.54) is 62.9 Å². The van der Waals surface area contributed by atoms with Crippen LogP contribution in [0.2, 0.25) is 0 Å². The van der Waals surface area contributed by atoms with Crippen molar-refractivity contribution in [3.05, 3.63) is 5.21 Å². The lowest BCUT2D eigenvalue weighted by Crippen LogP contribution is -2.61. The molecular weight excluding hydrogens is 336 g/mol. The van der Waals surface area contributed by atoms with E-state index in [2.05, 4.69) is 12.2 Å². The normalized spacial score (nSPS) is 19.9. The van der Waals surface area contributed by atoms with Gasteiger partial charge in [0.15, 0.2) is 0 Å². The molecule has 1 aliphatic heterocycles. The monoisotopic (exact) mass is 381 g/mol. The highest BCUT2D eigenvalue weighted by molar-refractivity contribution is 5.76. The summed E-state index contributed by atoms with van der Waals surface area (Å²) in [6.07, 6.45) is 16.4. The molecule has 1 heterocycles. The second kappa shape index (κ2) is 12.1. The summed E-state index contributed by atoms with van der Waals surface area (Å²) < 4.78 is 0. The van der Waals surface area contributed by atoms with Gasteiger partial charge in [0.2, 0.25) is 5.91 Å². The van der Waals surface area contributed by atoms with Crippen LogP contribution in [0.15, 0.2) is 0 Å². The summed E-state index contributed by atoms with van der Waals surface area (Å²) in [6, 6.07) is 0.111. The average molecular weight is 382 g/mol. The highest BCUT2D eigenvalue weighted by atomic mass is 16.5. The molecule has 0 spiro atoms. The van der Waals surface area contributed by atoms with Gasteiger partial charge < -0.3 is 15.6 Å². The molecule has 1 fully saturated rings. The Kier molecular flexibility index (Phi) is 10.9. The van der Waals surface area contributed by atoms with Crippen molar-refractivity contribution < 1.29 is 4.79 Å². The zero-order valence-corrected chi connectivity index (χ0v) is 18.7. The number of carbonyl (C=O) groups is 1. The van der Waals surface area contributed by atoms with Gasteiger partial charge in [-0.3, -0.25) is 4.79 Å². The second-order valence-electron chi connectivity index (χ2n) is 9.88. The summed E-state index contributed by atoms with van der Waals surface area (Å²) in [5, 5.41) is 16.8. The fraction of sp³-hybridized carbons (Fsp3) is 0.957. The van der Waals surface area contributed by atoms with Gasteiger partial charge in [-0.1, -0.05) is 71.1 Å². The van der Waals surface area contributed by atoms with Gasteiger partial charge in [0.25, 0.3) is 0 Å². The Labute approximate surface area is 168 Å². The number of hydroxylamine groups is 2. The average Bonchev–Trinajstić information content (AvgIpc) is 2.57. The second-order valence-corrected chi connectivity index (χ2v) is 9.88. The van der Waals surface area contributed by atoms with Crippen LogP contribution in [0.4, 0.5) is 0 Å². The van der Waals surface area contributed by atoms with Crippen molar-refractivity contribution in [3.63, 3.8) is 0 Å². The van der Waals surface area contributed by atoms with E-state index in [0.29, 0.717) is 6.42 Å². The summed E-state index contributed by atoms with van der Waals surface area (Å²) in [4.78, 5) is 12.3. The number of nitrogens with one attached hydrogen (secondary N) is 1. The Morgan fingerprint density at radius 1 is 0.852 bits per heavy atom. The van der Waals surface area contributed by atoms with E-state index in [1.54, 1.807) is 0 Å². The van der Waals surface area contributed by atoms with E-state index in [0.717, 1.165) is 25.7 Å². The maximum absolute atomic E-state index is 12.4. The first-order valence-corrected chi connectivity index (χ1v) is 11.5. The van der Waals surface area contributed by atoms with Crippen molar-refractivity contribution in [1.82, 2.24) is 10.4 Å². The third-order valence-electron chi connectivity index (χ3n) is 5.96. The summed E-state index contributed by atoms with van der Waals surface area (Å²) in [5.41, 5.74) is -0.841. The lowest BCUT2D eigenvalue weighted by Gasteiger charge is -2.60. The van der Waals surface area contributed by atoms with Gasteiger partial charge in [0.05, 0.1) is 0 Å². The number of unbranched alkanes of at least 4 members (excludes halogenated alkanes) is 10. The molecule has 0 bridgehead atoms. The minimum atomic E-state index is -0.420. The Morgan fingerprint density at radius 2 is 1.26 bits per heavy atom. The number of rotatable bonds is 13. The fourth-order valence-corrected chi connectivity index (χ4v) is 4.61. The molecule has 4 heteroatoms. The first-order chi connectivity index (χ1) is 12.7. The van der Waals surface area contributed by atoms with Crippen LogP contribution in [0.5, 0.6) is 0 Å². The molecule has 0 radical (unpaired) electrons. The minimum Gasteiger partial charge on any atom is -0.784 e. The maximum atomic E-state index is 12.4. The van der Waals surface area contributed by atoms with Crippen molar-refractivity contribution in [1.29, 1.82) is 0 Å². The van der Waals surface area contributed by atoms with Gasteiger partial charge >= 0.3 is 0 Å². The summed E-state index contributed by atoms with van der Waals surface area (Å²) in [7, 11) is 0. The lowest BCUT2D eigenvalue weighted by atomic mass is 9.79. The molecule has 4 nitrogen and oxygen atoms in total. The van der Waals surface area contributed by atoms with E-state index in [-0.39, 0.29) is 11.9 Å². The molecule has 0 atom stereocenters. The van der Waals surface area contributed by atoms with Crippen LogP contribution in [0, 0.1) is 5.21 Å². The number of piperidine rings is 1. The van der Waals surface area contributed by atoms with Gasteiger partial charge in [-0.05, 0) is 47.0 Å². The lowest BCUT2D eigenvalue weighted by molar-refractivity contribution is -0.123. The van der Waals surface area contributed by atoms with Crippen molar-refractivity contribution in [3.8, 4) is 0 Å². The standard InChI is InChI=1S/C23H45N2O2/c1-6-7-8-9-10-11-12-13-14-15-16-17-21(26)24-20-18-22(2,3)25(27)23(4,5)19-20/h20H,6-19H2,1-5H3,(H,24,26)/q-1. The summed E-state index contributed by atoms with van der Waals surface area (Å²) >= 11 is 0. The fourth-order valence-electron chi connectivity index (χ4n) is 4.61. The number of carbonyl (C=O) groups excluding carboxylic acids is 1. The smallest absolute Gasteiger partial charge is 0.220 e. The van der Waals surface area contributed by atoms with Crippen LogP contribution in [0.1, 0.15) is 125 Å². The molecule has 0 aromatic heterocycles. The maximum Gasteiger partial charge on any atom is 0.220 e. The molecule has 0 unspecified atom stereocenters. The molecule has 0 aromatic rings. The molecular formula is C23H45N2O2-. The van der Waals surface area contributed by atoms with E-state index in [9.17, 15) is 10.0 Å². The number of amides is 1. The molecule has 1 saturated heterocycles. The van der Waals surface area contributed by atoms with Gasteiger partial charge in [-0.2, -0.15) is 0 Å².